The van der Waals surface area contributed by atoms with Gasteiger partial charge in [0.15, 0.2) is 5.78 Å². The van der Waals surface area contributed by atoms with Crippen LogP contribution in [0, 0.1) is 0 Å². The molecule has 0 saturated heterocycles. The van der Waals surface area contributed by atoms with Gasteiger partial charge >= 0.3 is 5.97 Å². The molecule has 1 N–H and O–H groups in total. The van der Waals surface area contributed by atoms with Gasteiger partial charge in [0.1, 0.15) is 0 Å². The van der Waals surface area contributed by atoms with E-state index in [1.165, 1.54) is 0 Å². The van der Waals surface area contributed by atoms with Gasteiger partial charge in [-0.05, 0) is 30.2 Å². The summed E-state index contributed by atoms with van der Waals surface area (Å²) in [7, 11) is 0. The van der Waals surface area contributed by atoms with Crippen LogP contribution in [0.5, 0.6) is 0 Å². The summed E-state index contributed by atoms with van der Waals surface area (Å²) in [6.07, 6.45) is 0.474. The van der Waals surface area contributed by atoms with Crippen molar-refractivity contribution in [2.75, 3.05) is 0 Å². The molecule has 0 bridgehead atoms. The summed E-state index contributed by atoms with van der Waals surface area (Å²) in [5, 5.41) is 10.6. The zero-order valence-corrected chi connectivity index (χ0v) is 16.8. The summed E-state index contributed by atoms with van der Waals surface area (Å²) < 4.78 is 1.58. The number of carboxylic acids is 1. The lowest BCUT2D eigenvalue weighted by Gasteiger charge is -2.16. The third kappa shape index (κ3) is 2.74. The predicted octanol–water partition coefficient (Wildman–Crippen LogP) is 4.78. The van der Waals surface area contributed by atoms with Crippen LogP contribution in [-0.4, -0.2) is 21.4 Å². The van der Waals surface area contributed by atoms with Crippen molar-refractivity contribution in [3.05, 3.63) is 99.8 Å². The summed E-state index contributed by atoms with van der Waals surface area (Å²) in [6.45, 7) is 1.83. The molecule has 1 aliphatic carbocycles. The molecule has 0 unspecified atom stereocenters. The van der Waals surface area contributed by atoms with Gasteiger partial charge in [-0.2, -0.15) is 0 Å². The highest BCUT2D eigenvalue weighted by molar-refractivity contribution is 6.26. The highest BCUT2D eigenvalue weighted by Crippen LogP contribution is 2.40. The van der Waals surface area contributed by atoms with Crippen LogP contribution >= 0.6 is 0 Å². The fourth-order valence-corrected chi connectivity index (χ4v) is 4.51. The first-order valence-corrected chi connectivity index (χ1v) is 10.2. The van der Waals surface area contributed by atoms with Gasteiger partial charge in [0.2, 0.25) is 0 Å². The lowest BCUT2D eigenvalue weighted by Crippen LogP contribution is -2.22. The first-order valence-electron chi connectivity index (χ1n) is 10.2. The van der Waals surface area contributed by atoms with Crippen molar-refractivity contribution in [1.82, 2.24) is 4.57 Å². The Hall–Kier alpha value is -3.99. The Labute approximate surface area is 178 Å². The van der Waals surface area contributed by atoms with Gasteiger partial charge in [0, 0.05) is 27.6 Å². The Morgan fingerprint density at radius 1 is 0.871 bits per heavy atom. The minimum Gasteiger partial charge on any atom is -0.481 e. The molecule has 0 amide bonds. The van der Waals surface area contributed by atoms with Crippen LogP contribution in [0.2, 0.25) is 0 Å². The molecule has 0 aliphatic heterocycles. The van der Waals surface area contributed by atoms with Crippen molar-refractivity contribution < 1.29 is 14.7 Å². The number of rotatable bonds is 4. The number of aliphatic carboxylic acids is 1. The second kappa shape index (κ2) is 7.06. The summed E-state index contributed by atoms with van der Waals surface area (Å²) in [5.41, 5.74) is 3.49. The molecule has 1 aromatic heterocycles. The number of hydrogen-bond donors (Lipinski definition) is 1. The third-order valence-electron chi connectivity index (χ3n) is 6.00. The van der Waals surface area contributed by atoms with E-state index in [4.69, 9.17) is 0 Å². The number of hydrogen-bond acceptors (Lipinski definition) is 3. The molecule has 4 aromatic rings. The highest BCUT2D eigenvalue weighted by atomic mass is 16.4. The fraction of sp³-hybridized carbons (Fsp3) is 0.115. The van der Waals surface area contributed by atoms with Crippen LogP contribution in [0.4, 0.5) is 0 Å². The average Bonchev–Trinajstić information content (AvgIpc) is 3.08. The molecular formula is C26H19NO4. The maximum Gasteiger partial charge on any atom is 0.310 e. The normalized spacial score (nSPS) is 13.1. The number of carbonyl (C=O) groups is 2. The Kier molecular flexibility index (Phi) is 4.33. The van der Waals surface area contributed by atoms with Gasteiger partial charge in [0.25, 0.3) is 5.56 Å². The number of nitrogens with zero attached hydrogens (tertiary/aromatic N) is 1. The molecule has 3 aromatic carbocycles. The summed E-state index contributed by atoms with van der Waals surface area (Å²) in [5.74, 6) is -1.57. The van der Waals surface area contributed by atoms with Crippen molar-refractivity contribution in [3.8, 4) is 16.9 Å². The standard InChI is InChI=1S/C26H19NO4/c1-2-17(26(30)31)15-11-13-16(14-12-15)27-23-19-8-4-5-9-20(19)24(28)22(23)18-7-3-6-10-21(18)25(27)29/h3-14,17H,2H2,1H3,(H,30,31)/t17-/m0/s1. The zero-order valence-electron chi connectivity index (χ0n) is 16.8. The number of ketones is 1. The van der Waals surface area contributed by atoms with Gasteiger partial charge in [-0.25, -0.2) is 0 Å². The van der Waals surface area contributed by atoms with Gasteiger partial charge in [0.05, 0.1) is 17.2 Å². The first kappa shape index (κ1) is 19.0. The largest absolute Gasteiger partial charge is 0.481 e. The van der Waals surface area contributed by atoms with E-state index in [0.29, 0.717) is 45.3 Å². The number of fused-ring (bicyclic) bond motifs is 5. The Balaban J connectivity index is 1.82. The molecule has 152 valence electrons. The second-order valence-electron chi connectivity index (χ2n) is 7.68. The molecular weight excluding hydrogens is 390 g/mol. The SMILES string of the molecule is CC[C@H](C(=O)O)c1ccc(-n2c3c(c4ccccc4c2=O)C(=O)c2ccccc2-3)cc1. The maximum absolute atomic E-state index is 13.5. The van der Waals surface area contributed by atoms with Crippen molar-refractivity contribution in [2.45, 2.75) is 19.3 Å². The van der Waals surface area contributed by atoms with E-state index in [2.05, 4.69) is 0 Å². The molecule has 0 spiro atoms. The van der Waals surface area contributed by atoms with E-state index in [-0.39, 0.29) is 11.3 Å². The number of carboxylic acid groups (broad SMARTS) is 1. The van der Waals surface area contributed by atoms with E-state index in [9.17, 15) is 19.5 Å². The van der Waals surface area contributed by atoms with Crippen LogP contribution in [0.1, 0.15) is 40.7 Å². The van der Waals surface area contributed by atoms with Crippen LogP contribution in [0.3, 0.4) is 0 Å². The molecule has 0 saturated carbocycles. The van der Waals surface area contributed by atoms with E-state index in [1.54, 1.807) is 47.0 Å². The van der Waals surface area contributed by atoms with Crippen LogP contribution in [-0.2, 0) is 4.79 Å². The second-order valence-corrected chi connectivity index (χ2v) is 7.68. The molecule has 1 atom stereocenters. The molecule has 5 nitrogen and oxygen atoms in total. The number of aromatic nitrogens is 1. The van der Waals surface area contributed by atoms with Gasteiger partial charge in [-0.3, -0.25) is 19.0 Å². The third-order valence-corrected chi connectivity index (χ3v) is 6.00. The molecule has 0 fully saturated rings. The fourth-order valence-electron chi connectivity index (χ4n) is 4.51. The smallest absolute Gasteiger partial charge is 0.310 e. The maximum atomic E-state index is 13.5. The van der Waals surface area contributed by atoms with E-state index >= 15 is 0 Å². The number of benzene rings is 3. The Bertz CT molecular complexity index is 1430. The minimum absolute atomic E-state index is 0.0934. The van der Waals surface area contributed by atoms with Gasteiger partial charge in [-0.1, -0.05) is 61.5 Å². The zero-order chi connectivity index (χ0) is 21.7. The Morgan fingerprint density at radius 3 is 2.13 bits per heavy atom. The quantitative estimate of drug-likeness (QED) is 0.463. The van der Waals surface area contributed by atoms with Crippen molar-refractivity contribution in [1.29, 1.82) is 0 Å². The predicted molar refractivity (Wildman–Crippen MR) is 119 cm³/mol. The first-order chi connectivity index (χ1) is 15.0. The molecule has 1 aliphatic rings. The lowest BCUT2D eigenvalue weighted by molar-refractivity contribution is -0.138. The molecule has 5 heteroatoms. The van der Waals surface area contributed by atoms with Gasteiger partial charge in [-0.15, -0.1) is 0 Å². The highest BCUT2D eigenvalue weighted by Gasteiger charge is 2.32. The molecule has 31 heavy (non-hydrogen) atoms. The van der Waals surface area contributed by atoms with E-state index in [1.807, 2.05) is 37.3 Å². The topological polar surface area (TPSA) is 76.4 Å². The van der Waals surface area contributed by atoms with Crippen molar-refractivity contribution in [2.24, 2.45) is 0 Å². The number of pyridine rings is 1. The molecule has 1 heterocycles. The molecule has 5 rings (SSSR count). The van der Waals surface area contributed by atoms with E-state index < -0.39 is 11.9 Å². The monoisotopic (exact) mass is 409 g/mol. The van der Waals surface area contributed by atoms with Crippen LogP contribution < -0.4 is 5.56 Å². The average molecular weight is 409 g/mol. The summed E-state index contributed by atoms with van der Waals surface area (Å²) >= 11 is 0. The van der Waals surface area contributed by atoms with Gasteiger partial charge < -0.3 is 5.11 Å². The van der Waals surface area contributed by atoms with Crippen LogP contribution in [0.25, 0.3) is 27.7 Å². The summed E-state index contributed by atoms with van der Waals surface area (Å²) in [4.78, 5) is 38.3. The Morgan fingerprint density at radius 2 is 1.48 bits per heavy atom. The lowest BCUT2D eigenvalue weighted by atomic mass is 9.96. The molecule has 0 radical (unpaired) electrons. The van der Waals surface area contributed by atoms with Crippen LogP contribution in [0.15, 0.2) is 77.6 Å². The minimum atomic E-state index is -0.876. The van der Waals surface area contributed by atoms with Crippen molar-refractivity contribution in [3.63, 3.8) is 0 Å². The van der Waals surface area contributed by atoms with Crippen molar-refractivity contribution >= 4 is 22.5 Å². The van der Waals surface area contributed by atoms with E-state index in [0.717, 1.165) is 5.56 Å². The number of carbonyl (C=O) groups excluding carboxylic acids is 1. The summed E-state index contributed by atoms with van der Waals surface area (Å²) in [6, 6.07) is 21.5.